The van der Waals surface area contributed by atoms with Crippen molar-refractivity contribution in [2.45, 2.75) is 20.8 Å². The molecule has 0 radical (unpaired) electrons. The quantitative estimate of drug-likeness (QED) is 0.820. The zero-order valence-electron chi connectivity index (χ0n) is 11.7. The second-order valence-corrected chi connectivity index (χ2v) is 5.05. The second-order valence-electron chi connectivity index (χ2n) is 5.05. The van der Waals surface area contributed by atoms with Gasteiger partial charge in [0.1, 0.15) is 0 Å². The summed E-state index contributed by atoms with van der Waals surface area (Å²) >= 11 is 0. The first-order valence-corrected chi connectivity index (χ1v) is 6.05. The smallest absolute Gasteiger partial charge is 0.319 e. The number of hydrogen-bond donors (Lipinski definition) is 2. The summed E-state index contributed by atoms with van der Waals surface area (Å²) in [6.45, 7) is 5.61. The number of carbonyl (C=O) groups is 2. The van der Waals surface area contributed by atoms with Crippen LogP contribution in [0.5, 0.6) is 0 Å². The summed E-state index contributed by atoms with van der Waals surface area (Å²) in [6, 6.07) is 7.11. The monoisotopic (exact) mass is 264 g/mol. The lowest BCUT2D eigenvalue weighted by Crippen LogP contribution is -2.41. The van der Waals surface area contributed by atoms with Gasteiger partial charge in [-0.15, -0.1) is 0 Å². The predicted octanol–water partition coefficient (Wildman–Crippen LogP) is 2.32. The van der Waals surface area contributed by atoms with Crippen molar-refractivity contribution in [1.29, 1.82) is 0 Å². The molecule has 0 aromatic heterocycles. The normalized spacial score (nSPS) is 10.7. The highest BCUT2D eigenvalue weighted by atomic mass is 16.5. The van der Waals surface area contributed by atoms with Crippen molar-refractivity contribution in [1.82, 2.24) is 5.32 Å². The number of benzene rings is 1. The van der Waals surface area contributed by atoms with E-state index >= 15 is 0 Å². The van der Waals surface area contributed by atoms with Crippen LogP contribution in [0, 0.1) is 12.3 Å². The molecule has 5 nitrogen and oxygen atoms in total. The lowest BCUT2D eigenvalue weighted by Gasteiger charge is -2.21. The molecule has 1 rings (SSSR count). The third-order valence-electron chi connectivity index (χ3n) is 2.74. The molecule has 0 atom stereocenters. The third-order valence-corrected chi connectivity index (χ3v) is 2.74. The highest BCUT2D eigenvalue weighted by Gasteiger charge is 2.29. The number of urea groups is 1. The number of aryl methyl sites for hydroxylation is 1. The Labute approximate surface area is 113 Å². The van der Waals surface area contributed by atoms with Crippen LogP contribution >= 0.6 is 0 Å². The van der Waals surface area contributed by atoms with Gasteiger partial charge in [0.05, 0.1) is 12.5 Å². The molecule has 0 saturated carbocycles. The van der Waals surface area contributed by atoms with E-state index in [0.29, 0.717) is 5.69 Å². The van der Waals surface area contributed by atoms with Gasteiger partial charge in [-0.1, -0.05) is 17.7 Å². The number of hydrogen-bond acceptors (Lipinski definition) is 3. The van der Waals surface area contributed by atoms with E-state index in [-0.39, 0.29) is 18.5 Å². The van der Waals surface area contributed by atoms with Crippen LogP contribution in [0.4, 0.5) is 10.5 Å². The zero-order chi connectivity index (χ0) is 14.5. The Hall–Kier alpha value is -2.04. The Kier molecular flexibility index (Phi) is 4.92. The first-order valence-electron chi connectivity index (χ1n) is 6.05. The van der Waals surface area contributed by atoms with Gasteiger partial charge in [-0.3, -0.25) is 4.79 Å². The Morgan fingerprint density at radius 3 is 2.32 bits per heavy atom. The average Bonchev–Trinajstić information content (AvgIpc) is 2.38. The van der Waals surface area contributed by atoms with E-state index in [1.807, 2.05) is 31.2 Å². The fourth-order valence-corrected chi connectivity index (χ4v) is 1.46. The average molecular weight is 264 g/mol. The number of anilines is 1. The van der Waals surface area contributed by atoms with E-state index in [1.54, 1.807) is 13.8 Å². The van der Waals surface area contributed by atoms with E-state index in [2.05, 4.69) is 15.4 Å². The summed E-state index contributed by atoms with van der Waals surface area (Å²) in [5.74, 6) is -0.358. The van der Waals surface area contributed by atoms with Gasteiger partial charge >= 0.3 is 12.0 Å². The van der Waals surface area contributed by atoms with Crippen molar-refractivity contribution in [2.75, 3.05) is 19.0 Å². The van der Waals surface area contributed by atoms with Gasteiger partial charge in [0.2, 0.25) is 0 Å². The first-order chi connectivity index (χ1) is 8.85. The standard InChI is InChI=1S/C14H20N2O3/c1-10-5-7-11(8-6-10)16-13(18)15-9-14(2,3)12(17)19-4/h5-8H,9H2,1-4H3,(H2,15,16,18). The molecular formula is C14H20N2O3. The minimum atomic E-state index is -0.751. The maximum absolute atomic E-state index is 11.7. The van der Waals surface area contributed by atoms with Crippen molar-refractivity contribution in [3.63, 3.8) is 0 Å². The minimum Gasteiger partial charge on any atom is -0.469 e. The molecule has 0 aliphatic rings. The van der Waals surface area contributed by atoms with Gasteiger partial charge in [-0.2, -0.15) is 0 Å². The molecule has 1 aromatic carbocycles. The number of amides is 2. The molecule has 0 aliphatic heterocycles. The Morgan fingerprint density at radius 1 is 1.21 bits per heavy atom. The SMILES string of the molecule is COC(=O)C(C)(C)CNC(=O)Nc1ccc(C)cc1. The summed E-state index contributed by atoms with van der Waals surface area (Å²) in [5.41, 5.74) is 1.08. The molecule has 0 spiro atoms. The van der Waals surface area contributed by atoms with Crippen LogP contribution in [-0.4, -0.2) is 25.7 Å². The minimum absolute atomic E-state index is 0.206. The Bertz CT molecular complexity index is 452. The van der Waals surface area contributed by atoms with Gasteiger partial charge in [-0.05, 0) is 32.9 Å². The highest BCUT2D eigenvalue weighted by molar-refractivity contribution is 5.89. The fraction of sp³-hybridized carbons (Fsp3) is 0.429. The van der Waals surface area contributed by atoms with E-state index in [9.17, 15) is 9.59 Å². The third kappa shape index (κ3) is 4.62. The second kappa shape index (κ2) is 6.22. The molecule has 5 heteroatoms. The van der Waals surface area contributed by atoms with Gasteiger partial charge in [0.15, 0.2) is 0 Å². The molecule has 2 amide bonds. The van der Waals surface area contributed by atoms with Crippen LogP contribution in [0.25, 0.3) is 0 Å². The van der Waals surface area contributed by atoms with Crippen LogP contribution < -0.4 is 10.6 Å². The Morgan fingerprint density at radius 2 is 1.79 bits per heavy atom. The molecule has 0 fully saturated rings. The lowest BCUT2D eigenvalue weighted by molar-refractivity contribution is -0.150. The van der Waals surface area contributed by atoms with Gasteiger partial charge in [0, 0.05) is 12.2 Å². The topological polar surface area (TPSA) is 67.4 Å². The number of nitrogens with one attached hydrogen (secondary N) is 2. The molecule has 1 aromatic rings. The number of rotatable bonds is 4. The maximum atomic E-state index is 11.7. The molecule has 0 saturated heterocycles. The van der Waals surface area contributed by atoms with Gasteiger partial charge in [-0.25, -0.2) is 4.79 Å². The zero-order valence-corrected chi connectivity index (χ0v) is 11.7. The number of esters is 1. The molecule has 0 heterocycles. The van der Waals surface area contributed by atoms with Crippen LogP contribution in [0.1, 0.15) is 19.4 Å². The van der Waals surface area contributed by atoms with E-state index in [0.717, 1.165) is 5.56 Å². The van der Waals surface area contributed by atoms with Crippen molar-refractivity contribution < 1.29 is 14.3 Å². The van der Waals surface area contributed by atoms with Gasteiger partial charge in [0.25, 0.3) is 0 Å². The van der Waals surface area contributed by atoms with Crippen molar-refractivity contribution in [3.05, 3.63) is 29.8 Å². The van der Waals surface area contributed by atoms with E-state index in [1.165, 1.54) is 7.11 Å². The molecule has 2 N–H and O–H groups in total. The fourth-order valence-electron chi connectivity index (χ4n) is 1.46. The van der Waals surface area contributed by atoms with Crippen molar-refractivity contribution >= 4 is 17.7 Å². The molecule has 19 heavy (non-hydrogen) atoms. The summed E-state index contributed by atoms with van der Waals surface area (Å²) in [4.78, 5) is 23.1. The number of methoxy groups -OCH3 is 1. The summed E-state index contributed by atoms with van der Waals surface area (Å²) < 4.78 is 4.67. The highest BCUT2D eigenvalue weighted by Crippen LogP contribution is 2.15. The molecule has 104 valence electrons. The van der Waals surface area contributed by atoms with Crippen LogP contribution in [-0.2, 0) is 9.53 Å². The van der Waals surface area contributed by atoms with E-state index in [4.69, 9.17) is 0 Å². The van der Waals surface area contributed by atoms with Crippen LogP contribution in [0.15, 0.2) is 24.3 Å². The Balaban J connectivity index is 2.48. The number of carbonyl (C=O) groups excluding carboxylic acids is 2. The summed E-state index contributed by atoms with van der Waals surface area (Å²) in [5, 5.41) is 5.35. The predicted molar refractivity (Wildman–Crippen MR) is 74.0 cm³/mol. The largest absolute Gasteiger partial charge is 0.469 e. The molecule has 0 aliphatic carbocycles. The van der Waals surface area contributed by atoms with Gasteiger partial charge < -0.3 is 15.4 Å². The van der Waals surface area contributed by atoms with Crippen LogP contribution in [0.2, 0.25) is 0 Å². The lowest BCUT2D eigenvalue weighted by atomic mass is 9.94. The van der Waals surface area contributed by atoms with Crippen LogP contribution in [0.3, 0.4) is 0 Å². The number of ether oxygens (including phenoxy) is 1. The molecular weight excluding hydrogens is 244 g/mol. The van der Waals surface area contributed by atoms with Crippen molar-refractivity contribution in [3.8, 4) is 0 Å². The van der Waals surface area contributed by atoms with Crippen molar-refractivity contribution in [2.24, 2.45) is 5.41 Å². The maximum Gasteiger partial charge on any atom is 0.319 e. The van der Waals surface area contributed by atoms with E-state index < -0.39 is 5.41 Å². The first kappa shape index (κ1) is 15.0. The molecule has 0 bridgehead atoms. The summed E-state index contributed by atoms with van der Waals surface area (Å²) in [6.07, 6.45) is 0. The summed E-state index contributed by atoms with van der Waals surface area (Å²) in [7, 11) is 1.33. The molecule has 0 unspecified atom stereocenters.